The monoisotopic (exact) mass is 2850 g/mol. The summed E-state index contributed by atoms with van der Waals surface area (Å²) in [5.41, 5.74) is 19.4. The second kappa shape index (κ2) is 56.7. The Kier molecular flexibility index (Phi) is 47.3. The summed E-state index contributed by atoms with van der Waals surface area (Å²) in [6.45, 7) is 39.6. The van der Waals surface area contributed by atoms with Crippen LogP contribution in [0.1, 0.15) is 168 Å². The second-order valence-corrected chi connectivity index (χ2v) is 36.3. The third-order valence-corrected chi connectivity index (χ3v) is 22.1. The van der Waals surface area contributed by atoms with Crippen LogP contribution in [0.5, 0.6) is 0 Å². The molecule has 5 radical (unpaired) electrons. The molecule has 25 heteroatoms. The number of hydrogen-bond donors (Lipinski definition) is 5. The molecule has 0 spiro atoms. The van der Waals surface area contributed by atoms with Crippen LogP contribution in [-0.4, -0.2) is 104 Å². The number of allylic oxidation sites excluding steroid dienone is 10. The van der Waals surface area contributed by atoms with Crippen molar-refractivity contribution in [2.45, 2.75) is 177 Å². The van der Waals surface area contributed by atoms with Gasteiger partial charge in [-0.3, -0.25) is 48.9 Å². The largest absolute Gasteiger partial charge is 0.512 e. The number of nitrogens with zero attached hydrogens (tertiary/aromatic N) is 10. The summed E-state index contributed by atoms with van der Waals surface area (Å²) in [4.78, 5) is 97.5. The maximum Gasteiger partial charge on any atom is 0.155 e. The van der Waals surface area contributed by atoms with E-state index in [1.54, 1.807) is 0 Å². The van der Waals surface area contributed by atoms with Crippen LogP contribution in [0, 0.1) is 70.9 Å². The number of rotatable bonds is 9. The molecular weight excluding hydrogens is 2730 g/mol. The van der Waals surface area contributed by atoms with E-state index >= 15 is 0 Å². The Morgan fingerprint density at radius 3 is 0.966 bits per heavy atom. The molecular formula is C122H119Ir5N10O10-5. The van der Waals surface area contributed by atoms with Crippen LogP contribution in [-0.2, 0) is 149 Å². The van der Waals surface area contributed by atoms with Crippen molar-refractivity contribution < 1.29 is 150 Å². The van der Waals surface area contributed by atoms with E-state index < -0.39 is 0 Å². The number of hydrogen-bond acceptors (Lipinski definition) is 20. The molecule has 0 aliphatic rings. The number of carbonyl (C=O) groups is 5. The molecule has 5 N–H and O–H groups in total. The number of benzene rings is 15. The SMILES string of the molecule is CC(=O)C=C(C)O.CC(=O)C=C(C)O.CC(=O)C=C(C)O.CC(=O)C=C(C)O.CC(=O)C=C(C)O.CC(C)(C)c1cnc2c3[c-]cccc3c3ccccc3c2n1.CC(C)Cc1cnc2c3[c-]cccc3c3ccccc3c2n1.CCc1[c-]c2c(cc1)c1ccc(CC)cc1c1nc(C)cnc21.Cc1[c-]c2c(cc1)c1ccc(C)cc1c1nc(C)cnc21.Cc1cnc2c3[c-]cccc3c3ccccc3c2n1.[Ir].[Ir].[Ir].[Ir].[Ir]. The van der Waals surface area contributed by atoms with Gasteiger partial charge in [-0.1, -0.05) is 224 Å². The van der Waals surface area contributed by atoms with E-state index in [1.807, 2.05) is 94.2 Å². The average molecular weight is 2850 g/mol. The molecule has 0 aliphatic carbocycles. The van der Waals surface area contributed by atoms with Gasteiger partial charge in [0, 0.05) is 195 Å². The summed E-state index contributed by atoms with van der Waals surface area (Å²) < 4.78 is 0. The first kappa shape index (κ1) is 123. The maximum absolute atomic E-state index is 10.0. The zero-order valence-corrected chi connectivity index (χ0v) is 98.3. The van der Waals surface area contributed by atoms with Crippen LogP contribution < -0.4 is 0 Å². The first-order valence-electron chi connectivity index (χ1n) is 46.9. The van der Waals surface area contributed by atoms with Crippen LogP contribution in [0.3, 0.4) is 0 Å². The molecule has 0 aliphatic heterocycles. The molecule has 5 aromatic heterocycles. The molecule has 20 nitrogen and oxygen atoms in total. The van der Waals surface area contributed by atoms with Crippen molar-refractivity contribution in [2.24, 2.45) is 5.92 Å². The third kappa shape index (κ3) is 32.7. The molecule has 0 saturated carbocycles. The average Bonchev–Trinajstić information content (AvgIpc) is 0.743. The fourth-order valence-electron chi connectivity index (χ4n) is 16.3. The molecule has 0 bridgehead atoms. The molecule has 20 rings (SSSR count). The minimum absolute atomic E-state index is 0. The van der Waals surface area contributed by atoms with Crippen molar-refractivity contribution in [1.29, 1.82) is 0 Å². The zero-order valence-electron chi connectivity index (χ0n) is 86.3. The topological polar surface area (TPSA) is 315 Å². The van der Waals surface area contributed by atoms with Gasteiger partial charge in [0.25, 0.3) is 0 Å². The van der Waals surface area contributed by atoms with Crippen molar-refractivity contribution in [3.8, 4) is 0 Å². The fraction of sp³-hybridized carbons (Fsp3) is 0.221. The number of aliphatic hydroxyl groups is 5. The van der Waals surface area contributed by atoms with E-state index in [4.69, 9.17) is 60.4 Å². The van der Waals surface area contributed by atoms with Crippen LogP contribution >= 0.6 is 0 Å². The predicted octanol–water partition coefficient (Wildman–Crippen LogP) is 29.0. The zero-order chi connectivity index (χ0) is 103. The van der Waals surface area contributed by atoms with Crippen LogP contribution in [0.15, 0.2) is 278 Å². The van der Waals surface area contributed by atoms with Crippen molar-refractivity contribution in [2.75, 3.05) is 0 Å². The Labute approximate surface area is 925 Å². The van der Waals surface area contributed by atoms with E-state index in [0.29, 0.717) is 5.92 Å². The second-order valence-electron chi connectivity index (χ2n) is 36.3. The summed E-state index contributed by atoms with van der Waals surface area (Å²) in [5.74, 6) is 0.262. The predicted molar refractivity (Wildman–Crippen MR) is 582 cm³/mol. The van der Waals surface area contributed by atoms with Crippen molar-refractivity contribution >= 4 is 192 Å². The Balaban J connectivity index is 0.000000258. The number of fused-ring (bicyclic) bond motifs is 30. The summed E-state index contributed by atoms with van der Waals surface area (Å²) in [7, 11) is 0. The Morgan fingerprint density at radius 1 is 0.313 bits per heavy atom. The minimum Gasteiger partial charge on any atom is -0.512 e. The van der Waals surface area contributed by atoms with Gasteiger partial charge >= 0.3 is 0 Å². The van der Waals surface area contributed by atoms with Crippen molar-refractivity contribution in [3.63, 3.8) is 0 Å². The smallest absolute Gasteiger partial charge is 0.155 e. The van der Waals surface area contributed by atoms with Crippen molar-refractivity contribution in [3.05, 3.63) is 359 Å². The van der Waals surface area contributed by atoms with Gasteiger partial charge in [-0.2, -0.15) is 0 Å². The number of carbonyl (C=O) groups excluding carboxylic acids is 5. The first-order valence-corrected chi connectivity index (χ1v) is 46.9. The van der Waals surface area contributed by atoms with Crippen LogP contribution in [0.2, 0.25) is 0 Å². The van der Waals surface area contributed by atoms with Gasteiger partial charge in [-0.15, -0.1) is 147 Å². The standard InChI is InChI=1S/C21H19N2.2C20H17N2.C19H15N2.C17H11N2.5C5H8O2.5Ir/c1-4-14-6-8-16-17-9-7-15(5-2)11-19(17)21-20(18(16)10-14)22-12-13(3)23-21;1-20(2,3)17-12-21-18-15-10-6-4-8-13(15)14-9-5-7-11-16(14)19(18)22-17;1-13(2)11-14-12-21-19-17-9-5-3-7-15(17)16-8-4-6-10-18(16)20(19)22-14;1-11-4-6-14-15-7-5-12(2)9-17(15)19-18(16(14)8-11)20-10-13(3)21-19;1-11-10-18-16-14-8-4-2-6-12(14)13-7-3-5-9-15(13)17(16)19-11;5*1-4(6)3-5(2)7;;;;;/h6-9,11-12H,4-5H2,1-3H3;4-9,11-12H,1-3H3;3-8,10,12-13H,11H2,1-2H3;4-7,9-10H,1-3H3;2-7,9-10H,1H3;5*3,6H,1-2H3;;;;;/q5*-1;;;;;;;;;;. The number of aliphatic hydroxyl groups excluding tert-OH is 5. The van der Waals surface area contributed by atoms with E-state index in [0.717, 1.165) is 146 Å². The molecule has 0 atom stereocenters. The molecule has 20 aromatic rings. The summed E-state index contributed by atoms with van der Waals surface area (Å²) in [5, 5.41) is 65.0. The molecule has 767 valence electrons. The normalized spacial score (nSPS) is 11.3. The summed E-state index contributed by atoms with van der Waals surface area (Å²) in [6, 6.07) is 82.3. The molecule has 15 aromatic carbocycles. The summed E-state index contributed by atoms with van der Waals surface area (Å²) in [6.07, 6.45) is 18.1. The maximum atomic E-state index is 10.0. The van der Waals surface area contributed by atoms with Gasteiger partial charge in [0.15, 0.2) is 28.9 Å². The Bertz CT molecular complexity index is 8100. The van der Waals surface area contributed by atoms with Gasteiger partial charge in [-0.05, 0) is 155 Å². The number of aromatic nitrogens is 10. The van der Waals surface area contributed by atoms with Gasteiger partial charge in [0.05, 0.1) is 84.8 Å². The fourth-order valence-corrected chi connectivity index (χ4v) is 16.3. The van der Waals surface area contributed by atoms with Crippen LogP contribution in [0.4, 0.5) is 0 Å². The third-order valence-electron chi connectivity index (χ3n) is 22.1. The minimum atomic E-state index is -0.125. The van der Waals surface area contributed by atoms with E-state index in [-0.39, 0.29) is 164 Å². The van der Waals surface area contributed by atoms with Gasteiger partial charge in [0.1, 0.15) is 0 Å². The number of ketones is 5. The van der Waals surface area contributed by atoms with Gasteiger partial charge < -0.3 is 50.5 Å². The molecule has 0 amide bonds. The Morgan fingerprint density at radius 2 is 0.612 bits per heavy atom. The van der Waals surface area contributed by atoms with E-state index in [1.165, 1.54) is 186 Å². The molecule has 0 saturated heterocycles. The number of aryl methyl sites for hydroxylation is 7. The molecule has 0 unspecified atom stereocenters. The summed E-state index contributed by atoms with van der Waals surface area (Å²) >= 11 is 0. The van der Waals surface area contributed by atoms with Gasteiger partial charge in [0.2, 0.25) is 0 Å². The van der Waals surface area contributed by atoms with E-state index in [2.05, 4.69) is 253 Å². The van der Waals surface area contributed by atoms with E-state index in [9.17, 15) is 24.0 Å². The molecule has 147 heavy (non-hydrogen) atoms. The molecule has 5 heterocycles. The van der Waals surface area contributed by atoms with Gasteiger partial charge in [-0.25, -0.2) is 0 Å². The van der Waals surface area contributed by atoms with Crippen molar-refractivity contribution in [1.82, 2.24) is 49.8 Å². The molecule has 0 fully saturated rings. The first-order chi connectivity index (χ1) is 67.6. The van der Waals surface area contributed by atoms with Crippen LogP contribution in [0.25, 0.3) is 163 Å². The quantitative estimate of drug-likeness (QED) is 0.0388. The Hall–Kier alpha value is -13.1.